The molecule has 0 aromatic carbocycles. The second-order valence-electron chi connectivity index (χ2n) is 4.39. The number of rotatable bonds is 4. The molecule has 1 aliphatic heterocycles. The lowest BCUT2D eigenvalue weighted by Crippen LogP contribution is -2.58. The normalized spacial score (nSPS) is 27.1. The zero-order chi connectivity index (χ0) is 11.5. The molecule has 6 nitrogen and oxygen atoms in total. The molecule has 1 aliphatic carbocycles. The fourth-order valence-corrected chi connectivity index (χ4v) is 1.73. The van der Waals surface area contributed by atoms with Crippen molar-refractivity contribution in [1.82, 2.24) is 16.0 Å². The Hall–Kier alpha value is -1.14. The van der Waals surface area contributed by atoms with E-state index in [2.05, 4.69) is 16.0 Å². The zero-order valence-electron chi connectivity index (χ0n) is 9.03. The van der Waals surface area contributed by atoms with Crippen molar-refractivity contribution < 1.29 is 14.7 Å². The molecule has 16 heavy (non-hydrogen) atoms. The summed E-state index contributed by atoms with van der Waals surface area (Å²) in [5.74, 6) is 0.0982. The quantitative estimate of drug-likeness (QED) is 0.445. The third kappa shape index (κ3) is 2.93. The van der Waals surface area contributed by atoms with E-state index >= 15 is 0 Å². The highest BCUT2D eigenvalue weighted by atomic mass is 16.3. The van der Waals surface area contributed by atoms with Crippen molar-refractivity contribution in [2.75, 3.05) is 19.6 Å². The van der Waals surface area contributed by atoms with Crippen LogP contribution in [-0.2, 0) is 9.59 Å². The summed E-state index contributed by atoms with van der Waals surface area (Å²) in [6, 6.07) is -0.385. The topological polar surface area (TPSA) is 90.5 Å². The lowest BCUT2D eigenvalue weighted by Gasteiger charge is -2.23. The molecule has 2 fully saturated rings. The molecule has 2 amide bonds. The van der Waals surface area contributed by atoms with Crippen LogP contribution in [0.3, 0.4) is 0 Å². The smallest absolute Gasteiger partial charge is 0.239 e. The second-order valence-corrected chi connectivity index (χ2v) is 4.39. The van der Waals surface area contributed by atoms with Crippen LogP contribution < -0.4 is 16.0 Å². The number of amides is 2. The van der Waals surface area contributed by atoms with Crippen molar-refractivity contribution in [3.63, 3.8) is 0 Å². The summed E-state index contributed by atoms with van der Waals surface area (Å²) in [5.41, 5.74) is 0. The van der Waals surface area contributed by atoms with Gasteiger partial charge in [-0.3, -0.25) is 14.9 Å². The molecule has 1 saturated carbocycles. The van der Waals surface area contributed by atoms with Crippen LogP contribution in [0.15, 0.2) is 0 Å². The van der Waals surface area contributed by atoms with Crippen LogP contribution in [0.4, 0.5) is 0 Å². The molecule has 1 saturated heterocycles. The first-order valence-electron chi connectivity index (χ1n) is 5.62. The van der Waals surface area contributed by atoms with Gasteiger partial charge >= 0.3 is 0 Å². The van der Waals surface area contributed by atoms with Crippen LogP contribution in [0.2, 0.25) is 0 Å². The minimum absolute atomic E-state index is 0.0953. The van der Waals surface area contributed by atoms with E-state index in [4.69, 9.17) is 0 Å². The van der Waals surface area contributed by atoms with Crippen molar-refractivity contribution in [1.29, 1.82) is 0 Å². The summed E-state index contributed by atoms with van der Waals surface area (Å²) in [4.78, 5) is 22.5. The maximum atomic E-state index is 11.6. The van der Waals surface area contributed by atoms with Crippen LogP contribution in [0.5, 0.6) is 0 Å². The van der Waals surface area contributed by atoms with Crippen LogP contribution >= 0.6 is 0 Å². The summed E-state index contributed by atoms with van der Waals surface area (Å²) >= 11 is 0. The van der Waals surface area contributed by atoms with Gasteiger partial charge in [0.15, 0.2) is 0 Å². The van der Waals surface area contributed by atoms with Gasteiger partial charge in [-0.15, -0.1) is 0 Å². The van der Waals surface area contributed by atoms with Gasteiger partial charge in [-0.2, -0.15) is 0 Å². The SMILES string of the molecule is O=C1CNC(C(=O)NCC(O)C2CC2)CN1. The molecule has 2 atom stereocenters. The van der Waals surface area contributed by atoms with Gasteiger partial charge in [0.1, 0.15) is 6.04 Å². The molecule has 0 aromatic heterocycles. The third-order valence-electron chi connectivity index (χ3n) is 2.98. The van der Waals surface area contributed by atoms with Crippen LogP contribution in [0.1, 0.15) is 12.8 Å². The van der Waals surface area contributed by atoms with Crippen molar-refractivity contribution in [3.05, 3.63) is 0 Å². The molecule has 6 heteroatoms. The van der Waals surface area contributed by atoms with Crippen LogP contribution in [0, 0.1) is 5.92 Å². The second kappa shape index (κ2) is 4.80. The van der Waals surface area contributed by atoms with E-state index in [1.807, 2.05) is 0 Å². The maximum absolute atomic E-state index is 11.6. The van der Waals surface area contributed by atoms with Crippen molar-refractivity contribution in [2.24, 2.45) is 5.92 Å². The molecular weight excluding hydrogens is 210 g/mol. The van der Waals surface area contributed by atoms with E-state index < -0.39 is 6.10 Å². The largest absolute Gasteiger partial charge is 0.391 e. The highest BCUT2D eigenvalue weighted by Crippen LogP contribution is 2.32. The number of nitrogens with one attached hydrogen (secondary N) is 3. The number of hydrogen-bond donors (Lipinski definition) is 4. The standard InChI is InChI=1S/C10H17N3O3/c14-8(6-1-2-6)4-13-10(16)7-3-12-9(15)5-11-7/h6-8,11,14H,1-5H2,(H,12,15)(H,13,16). The van der Waals surface area contributed by atoms with Gasteiger partial charge in [0.25, 0.3) is 0 Å². The van der Waals surface area contributed by atoms with Gasteiger partial charge in [0.2, 0.25) is 11.8 Å². The predicted octanol–water partition coefficient (Wildman–Crippen LogP) is -2.04. The van der Waals surface area contributed by atoms with Crippen LogP contribution in [0.25, 0.3) is 0 Å². The minimum atomic E-state index is -0.429. The molecule has 4 N–H and O–H groups in total. The third-order valence-corrected chi connectivity index (χ3v) is 2.98. The van der Waals surface area contributed by atoms with Crippen LogP contribution in [-0.4, -0.2) is 48.7 Å². The molecular formula is C10H17N3O3. The summed E-state index contributed by atoms with van der Waals surface area (Å²) in [6.45, 7) is 0.781. The van der Waals surface area contributed by atoms with E-state index in [1.165, 1.54) is 0 Å². The molecule has 2 rings (SSSR count). The zero-order valence-corrected chi connectivity index (χ0v) is 9.03. The molecule has 2 aliphatic rings. The molecule has 0 aromatic rings. The number of carbonyl (C=O) groups is 2. The first-order valence-corrected chi connectivity index (χ1v) is 5.62. The lowest BCUT2D eigenvalue weighted by atomic mass is 10.2. The molecule has 0 spiro atoms. The van der Waals surface area contributed by atoms with E-state index in [0.29, 0.717) is 19.0 Å². The Morgan fingerprint density at radius 2 is 2.31 bits per heavy atom. The molecule has 90 valence electrons. The number of hydrogen-bond acceptors (Lipinski definition) is 4. The molecule has 0 bridgehead atoms. The van der Waals surface area contributed by atoms with Crippen molar-refractivity contribution in [2.45, 2.75) is 25.0 Å². The highest BCUT2D eigenvalue weighted by Gasteiger charge is 2.30. The van der Waals surface area contributed by atoms with Gasteiger partial charge in [-0.25, -0.2) is 0 Å². The number of aliphatic hydroxyl groups excluding tert-OH is 1. The van der Waals surface area contributed by atoms with Crippen molar-refractivity contribution >= 4 is 11.8 Å². The summed E-state index contributed by atoms with van der Waals surface area (Å²) in [5, 5.41) is 17.7. The average molecular weight is 227 g/mol. The number of carbonyl (C=O) groups excluding carboxylic acids is 2. The van der Waals surface area contributed by atoms with Crippen molar-refractivity contribution in [3.8, 4) is 0 Å². The Morgan fingerprint density at radius 3 is 2.88 bits per heavy atom. The first kappa shape index (κ1) is 11.3. The highest BCUT2D eigenvalue weighted by molar-refractivity contribution is 5.86. The molecule has 0 radical (unpaired) electrons. The Kier molecular flexibility index (Phi) is 3.40. The fourth-order valence-electron chi connectivity index (χ4n) is 1.73. The molecule has 1 heterocycles. The first-order chi connectivity index (χ1) is 7.66. The van der Waals surface area contributed by atoms with Gasteiger partial charge < -0.3 is 15.7 Å². The number of piperazine rings is 1. The average Bonchev–Trinajstić information content (AvgIpc) is 3.10. The predicted molar refractivity (Wildman–Crippen MR) is 56.5 cm³/mol. The Bertz CT molecular complexity index is 281. The summed E-state index contributed by atoms with van der Waals surface area (Å²) in [6.07, 6.45) is 1.67. The maximum Gasteiger partial charge on any atom is 0.239 e. The van der Waals surface area contributed by atoms with E-state index in [-0.39, 0.29) is 24.4 Å². The lowest BCUT2D eigenvalue weighted by molar-refractivity contribution is -0.126. The summed E-state index contributed by atoms with van der Waals surface area (Å²) in [7, 11) is 0. The van der Waals surface area contributed by atoms with Gasteiger partial charge in [-0.05, 0) is 18.8 Å². The van der Waals surface area contributed by atoms with Gasteiger partial charge in [-0.1, -0.05) is 0 Å². The fraction of sp³-hybridized carbons (Fsp3) is 0.800. The monoisotopic (exact) mass is 227 g/mol. The van der Waals surface area contributed by atoms with Gasteiger partial charge in [0.05, 0.1) is 12.6 Å². The Balaban J connectivity index is 1.68. The number of aliphatic hydroxyl groups is 1. The Morgan fingerprint density at radius 1 is 1.56 bits per heavy atom. The minimum Gasteiger partial charge on any atom is -0.391 e. The van der Waals surface area contributed by atoms with E-state index in [9.17, 15) is 14.7 Å². The molecule has 2 unspecified atom stereocenters. The summed E-state index contributed by atoms with van der Waals surface area (Å²) < 4.78 is 0. The van der Waals surface area contributed by atoms with E-state index in [1.54, 1.807) is 0 Å². The van der Waals surface area contributed by atoms with Gasteiger partial charge in [0, 0.05) is 13.1 Å². The Labute approximate surface area is 93.8 Å². The van der Waals surface area contributed by atoms with E-state index in [0.717, 1.165) is 12.8 Å².